The minimum Gasteiger partial charge on any atom is -0.452 e. The van der Waals surface area contributed by atoms with E-state index in [1.807, 2.05) is 4.90 Å². The van der Waals surface area contributed by atoms with Gasteiger partial charge in [0.05, 0.1) is 10.6 Å². The third kappa shape index (κ3) is 4.03. The van der Waals surface area contributed by atoms with Crippen molar-refractivity contribution in [3.05, 3.63) is 33.3 Å². The topological polar surface area (TPSA) is 46.6 Å². The number of nitrogens with zero attached hydrogens (tertiary/aromatic N) is 1. The van der Waals surface area contributed by atoms with Crippen molar-refractivity contribution in [2.75, 3.05) is 13.2 Å². The molecule has 1 aromatic rings. The van der Waals surface area contributed by atoms with Gasteiger partial charge in [-0.15, -0.1) is 0 Å². The number of likely N-dealkylation sites (tertiary alicyclic amines) is 1. The van der Waals surface area contributed by atoms with E-state index in [0.717, 1.165) is 30.3 Å². The molecule has 1 amide bonds. The molecule has 2 aliphatic rings. The predicted molar refractivity (Wildman–Crippen MR) is 101 cm³/mol. The quantitative estimate of drug-likeness (QED) is 0.656. The molecular weight excluding hydrogens is 406 g/mol. The van der Waals surface area contributed by atoms with Gasteiger partial charge in [0.2, 0.25) is 0 Å². The van der Waals surface area contributed by atoms with Crippen molar-refractivity contribution in [3.63, 3.8) is 0 Å². The molecule has 2 fully saturated rings. The Morgan fingerprint density at radius 1 is 1.32 bits per heavy atom. The number of hydrogen-bond donors (Lipinski definition) is 0. The summed E-state index contributed by atoms with van der Waals surface area (Å²) in [6.07, 6.45) is 3.15. The summed E-state index contributed by atoms with van der Waals surface area (Å²) in [7, 11) is 0. The number of amides is 1. The maximum Gasteiger partial charge on any atom is 0.340 e. The van der Waals surface area contributed by atoms with Gasteiger partial charge in [0.15, 0.2) is 6.61 Å². The Hall–Kier alpha value is -1.07. The van der Waals surface area contributed by atoms with E-state index in [9.17, 15) is 9.59 Å². The molecule has 2 atom stereocenters. The fraction of sp³-hybridized carbons (Fsp3) is 0.579. The molecule has 1 saturated carbocycles. The van der Waals surface area contributed by atoms with E-state index in [1.54, 1.807) is 18.2 Å². The Morgan fingerprint density at radius 2 is 2.04 bits per heavy atom. The van der Waals surface area contributed by atoms with Gasteiger partial charge in [0.25, 0.3) is 5.91 Å². The molecule has 1 heterocycles. The lowest BCUT2D eigenvalue weighted by atomic mass is 9.65. The van der Waals surface area contributed by atoms with Gasteiger partial charge in [-0.1, -0.05) is 48.3 Å². The summed E-state index contributed by atoms with van der Waals surface area (Å²) in [5.74, 6) is -0.695. The van der Waals surface area contributed by atoms with E-state index >= 15 is 0 Å². The second-order valence-electron chi connectivity index (χ2n) is 8.44. The Balaban J connectivity index is 1.64. The molecule has 0 spiro atoms. The van der Waals surface area contributed by atoms with Crippen LogP contribution in [0.2, 0.25) is 5.02 Å². The van der Waals surface area contributed by atoms with Crippen LogP contribution >= 0.6 is 27.5 Å². The summed E-state index contributed by atoms with van der Waals surface area (Å²) in [5, 5.41) is 0.312. The number of carbonyl (C=O) groups excluding carboxylic acids is 2. The average molecular weight is 429 g/mol. The highest BCUT2D eigenvalue weighted by Crippen LogP contribution is 2.52. The zero-order valence-electron chi connectivity index (χ0n) is 14.8. The SMILES string of the molecule is CC1(C)C[C@H]2C[C@](C)(CN2C(=O)COC(=O)c2cc(Br)ccc2Cl)C1. The van der Waals surface area contributed by atoms with Crippen molar-refractivity contribution in [2.45, 2.75) is 46.1 Å². The number of rotatable bonds is 3. The average Bonchev–Trinajstić information content (AvgIpc) is 2.76. The molecule has 25 heavy (non-hydrogen) atoms. The molecule has 1 aliphatic carbocycles. The molecule has 0 unspecified atom stereocenters. The molecule has 6 heteroatoms. The van der Waals surface area contributed by atoms with E-state index < -0.39 is 5.97 Å². The van der Waals surface area contributed by atoms with Gasteiger partial charge in [-0.2, -0.15) is 0 Å². The summed E-state index contributed by atoms with van der Waals surface area (Å²) in [4.78, 5) is 26.8. The lowest BCUT2D eigenvalue weighted by Crippen LogP contribution is -2.39. The van der Waals surface area contributed by atoms with Crippen LogP contribution in [-0.4, -0.2) is 36.0 Å². The van der Waals surface area contributed by atoms with Crippen molar-refractivity contribution in [2.24, 2.45) is 10.8 Å². The Kier molecular flexibility index (Phi) is 4.93. The van der Waals surface area contributed by atoms with Crippen LogP contribution in [0, 0.1) is 10.8 Å². The molecule has 0 N–H and O–H groups in total. The van der Waals surface area contributed by atoms with E-state index in [4.69, 9.17) is 16.3 Å². The Morgan fingerprint density at radius 3 is 2.76 bits per heavy atom. The zero-order chi connectivity index (χ0) is 18.4. The largest absolute Gasteiger partial charge is 0.452 e. The standard InChI is InChI=1S/C19H23BrClNO3/c1-18(2)7-13-8-19(3,10-18)11-22(13)16(23)9-25-17(24)14-6-12(20)4-5-15(14)21/h4-6,13H,7-11H2,1-3H3/t13-,19-/m0/s1. The summed E-state index contributed by atoms with van der Waals surface area (Å²) in [6.45, 7) is 7.28. The smallest absolute Gasteiger partial charge is 0.340 e. The van der Waals surface area contributed by atoms with E-state index in [-0.39, 0.29) is 34.9 Å². The maximum atomic E-state index is 12.6. The fourth-order valence-corrected chi connectivity index (χ4v) is 5.25. The first kappa shape index (κ1) is 18.7. The predicted octanol–water partition coefficient (Wildman–Crippen LogP) is 4.69. The first-order chi connectivity index (χ1) is 11.6. The lowest BCUT2D eigenvalue weighted by Gasteiger charge is -2.39. The Labute approximate surface area is 162 Å². The van der Waals surface area contributed by atoms with E-state index in [1.165, 1.54) is 0 Å². The van der Waals surface area contributed by atoms with Gasteiger partial charge in [0, 0.05) is 17.1 Å². The van der Waals surface area contributed by atoms with Crippen LogP contribution < -0.4 is 0 Å². The van der Waals surface area contributed by atoms with Gasteiger partial charge in [0.1, 0.15) is 0 Å². The summed E-state index contributed by atoms with van der Waals surface area (Å²) < 4.78 is 5.97. The van der Waals surface area contributed by atoms with Crippen molar-refractivity contribution >= 4 is 39.4 Å². The number of hydrogen-bond acceptors (Lipinski definition) is 3. The van der Waals surface area contributed by atoms with Crippen LogP contribution in [0.3, 0.4) is 0 Å². The zero-order valence-corrected chi connectivity index (χ0v) is 17.1. The molecular formula is C19H23BrClNO3. The van der Waals surface area contributed by atoms with Crippen LogP contribution in [0.15, 0.2) is 22.7 Å². The molecule has 0 radical (unpaired) electrons. The second kappa shape index (κ2) is 6.58. The number of halogens is 2. The molecule has 3 rings (SSSR count). The number of ether oxygens (including phenoxy) is 1. The van der Waals surface area contributed by atoms with Crippen molar-refractivity contribution in [1.29, 1.82) is 0 Å². The Bertz CT molecular complexity index is 721. The van der Waals surface area contributed by atoms with Crippen molar-refractivity contribution < 1.29 is 14.3 Å². The van der Waals surface area contributed by atoms with Crippen molar-refractivity contribution in [1.82, 2.24) is 4.90 Å². The summed E-state index contributed by atoms with van der Waals surface area (Å²) >= 11 is 9.34. The number of fused-ring (bicyclic) bond motifs is 2. The fourth-order valence-electron chi connectivity index (χ4n) is 4.69. The summed E-state index contributed by atoms with van der Waals surface area (Å²) in [5.41, 5.74) is 0.671. The monoisotopic (exact) mass is 427 g/mol. The minimum atomic E-state index is -0.576. The van der Waals surface area contributed by atoms with Crippen LogP contribution in [0.5, 0.6) is 0 Å². The maximum absolute atomic E-state index is 12.6. The molecule has 0 aromatic heterocycles. The molecule has 2 bridgehead atoms. The first-order valence-electron chi connectivity index (χ1n) is 8.50. The number of carbonyl (C=O) groups is 2. The van der Waals surface area contributed by atoms with Gasteiger partial charge in [-0.05, 0) is 48.3 Å². The highest BCUT2D eigenvalue weighted by Gasteiger charge is 2.50. The normalized spacial score (nSPS) is 27.2. The van der Waals surface area contributed by atoms with E-state index in [2.05, 4.69) is 36.7 Å². The van der Waals surface area contributed by atoms with Crippen LogP contribution in [-0.2, 0) is 9.53 Å². The van der Waals surface area contributed by atoms with Crippen LogP contribution in [0.1, 0.15) is 50.4 Å². The van der Waals surface area contributed by atoms with Gasteiger partial charge in [-0.3, -0.25) is 4.79 Å². The van der Waals surface area contributed by atoms with Crippen LogP contribution in [0.4, 0.5) is 0 Å². The molecule has 1 aliphatic heterocycles. The van der Waals surface area contributed by atoms with E-state index in [0.29, 0.717) is 5.02 Å². The third-order valence-electron chi connectivity index (χ3n) is 5.21. The number of benzene rings is 1. The third-order valence-corrected chi connectivity index (χ3v) is 6.03. The first-order valence-corrected chi connectivity index (χ1v) is 9.67. The van der Waals surface area contributed by atoms with Crippen molar-refractivity contribution in [3.8, 4) is 0 Å². The summed E-state index contributed by atoms with van der Waals surface area (Å²) in [6, 6.07) is 5.21. The minimum absolute atomic E-state index is 0.120. The highest BCUT2D eigenvalue weighted by molar-refractivity contribution is 9.10. The second-order valence-corrected chi connectivity index (χ2v) is 9.76. The molecule has 1 saturated heterocycles. The lowest BCUT2D eigenvalue weighted by molar-refractivity contribution is -0.135. The van der Waals surface area contributed by atoms with Gasteiger partial charge >= 0.3 is 5.97 Å². The van der Waals surface area contributed by atoms with Gasteiger partial charge in [-0.25, -0.2) is 4.79 Å². The molecule has 1 aromatic carbocycles. The molecule has 136 valence electrons. The molecule has 4 nitrogen and oxygen atoms in total. The number of esters is 1. The van der Waals surface area contributed by atoms with Crippen LogP contribution in [0.25, 0.3) is 0 Å². The van der Waals surface area contributed by atoms with Gasteiger partial charge < -0.3 is 9.64 Å². The highest BCUT2D eigenvalue weighted by atomic mass is 79.9.